The molecule has 1 atom stereocenters. The quantitative estimate of drug-likeness (QED) is 0.652. The lowest BCUT2D eigenvalue weighted by molar-refractivity contribution is 0.763. The summed E-state index contributed by atoms with van der Waals surface area (Å²) in [6.45, 7) is 2.11. The summed E-state index contributed by atoms with van der Waals surface area (Å²) in [4.78, 5) is 0.366. The minimum Gasteiger partial charge on any atom is -0.340 e. The molecule has 0 aliphatic rings. The lowest BCUT2D eigenvalue weighted by Crippen LogP contribution is -1.91. The Morgan fingerprint density at radius 1 is 1.17 bits per heavy atom. The van der Waals surface area contributed by atoms with Crippen molar-refractivity contribution in [2.75, 3.05) is 0 Å². The standard InChI is InChI=1S/C10H10BrN/c1-8(11)12-6-9-4-2-3-5-10(9)7-12/h2-8H,1H3. The van der Waals surface area contributed by atoms with Crippen LogP contribution in [0.5, 0.6) is 0 Å². The predicted octanol–water partition coefficient (Wildman–Crippen LogP) is 3.55. The molecule has 12 heavy (non-hydrogen) atoms. The van der Waals surface area contributed by atoms with Crippen molar-refractivity contribution >= 4 is 26.7 Å². The largest absolute Gasteiger partial charge is 0.340 e. The maximum atomic E-state index is 3.52. The molecule has 0 saturated carbocycles. The fourth-order valence-electron chi connectivity index (χ4n) is 1.31. The van der Waals surface area contributed by atoms with Crippen LogP contribution in [0, 0.1) is 0 Å². The molecule has 0 radical (unpaired) electrons. The zero-order chi connectivity index (χ0) is 8.55. The van der Waals surface area contributed by atoms with Gasteiger partial charge in [-0.2, -0.15) is 0 Å². The van der Waals surface area contributed by atoms with Crippen LogP contribution in [0.4, 0.5) is 0 Å². The molecule has 0 fully saturated rings. The summed E-state index contributed by atoms with van der Waals surface area (Å²) >= 11 is 3.52. The van der Waals surface area contributed by atoms with Crippen LogP contribution in [0.3, 0.4) is 0 Å². The Kier molecular flexibility index (Phi) is 1.93. The van der Waals surface area contributed by atoms with Gasteiger partial charge >= 0.3 is 0 Å². The van der Waals surface area contributed by atoms with E-state index >= 15 is 0 Å². The van der Waals surface area contributed by atoms with Crippen molar-refractivity contribution in [1.82, 2.24) is 4.57 Å². The van der Waals surface area contributed by atoms with E-state index in [1.807, 2.05) is 0 Å². The third-order valence-corrected chi connectivity index (χ3v) is 2.46. The maximum Gasteiger partial charge on any atom is 0.0855 e. The molecule has 2 rings (SSSR count). The summed E-state index contributed by atoms with van der Waals surface area (Å²) in [6.07, 6.45) is 4.30. The SMILES string of the molecule is CC(Br)n1cc2ccccc2c1. The molecule has 1 nitrogen and oxygen atoms in total. The summed E-state index contributed by atoms with van der Waals surface area (Å²) in [5, 5.41) is 2.59. The van der Waals surface area contributed by atoms with Gasteiger partial charge in [0.05, 0.1) is 4.95 Å². The third-order valence-electron chi connectivity index (χ3n) is 1.98. The summed E-state index contributed by atoms with van der Waals surface area (Å²) in [6, 6.07) is 8.37. The van der Waals surface area contributed by atoms with Gasteiger partial charge in [0, 0.05) is 12.4 Å². The van der Waals surface area contributed by atoms with Gasteiger partial charge in [-0.1, -0.05) is 40.2 Å². The van der Waals surface area contributed by atoms with Crippen LogP contribution in [0.25, 0.3) is 10.8 Å². The molecule has 62 valence electrons. The first kappa shape index (κ1) is 7.87. The topological polar surface area (TPSA) is 4.93 Å². The maximum absolute atomic E-state index is 3.52. The molecular weight excluding hydrogens is 214 g/mol. The van der Waals surface area contributed by atoms with Crippen molar-refractivity contribution in [2.24, 2.45) is 0 Å². The number of rotatable bonds is 1. The van der Waals surface area contributed by atoms with Crippen LogP contribution in [-0.4, -0.2) is 4.57 Å². The van der Waals surface area contributed by atoms with Crippen LogP contribution in [0.2, 0.25) is 0 Å². The van der Waals surface area contributed by atoms with Crippen LogP contribution >= 0.6 is 15.9 Å². The molecule has 2 aromatic rings. The van der Waals surface area contributed by atoms with Crippen LogP contribution in [0.1, 0.15) is 11.9 Å². The first-order chi connectivity index (χ1) is 5.77. The Morgan fingerprint density at radius 2 is 1.67 bits per heavy atom. The Morgan fingerprint density at radius 3 is 2.08 bits per heavy atom. The van der Waals surface area contributed by atoms with Gasteiger partial charge in [-0.05, 0) is 17.7 Å². The van der Waals surface area contributed by atoms with E-state index in [4.69, 9.17) is 0 Å². The molecule has 2 heteroatoms. The van der Waals surface area contributed by atoms with Crippen LogP contribution in [0.15, 0.2) is 36.7 Å². The highest BCUT2D eigenvalue weighted by molar-refractivity contribution is 9.09. The number of nitrogens with zero attached hydrogens (tertiary/aromatic N) is 1. The number of benzene rings is 1. The first-order valence-electron chi connectivity index (χ1n) is 3.97. The fraction of sp³-hybridized carbons (Fsp3) is 0.200. The van der Waals surface area contributed by atoms with Crippen molar-refractivity contribution in [3.63, 3.8) is 0 Å². The predicted molar refractivity (Wildman–Crippen MR) is 55.6 cm³/mol. The van der Waals surface area contributed by atoms with Crippen LogP contribution in [-0.2, 0) is 0 Å². The van der Waals surface area contributed by atoms with Gasteiger partial charge in [-0.25, -0.2) is 0 Å². The monoisotopic (exact) mass is 223 g/mol. The molecule has 0 spiro atoms. The van der Waals surface area contributed by atoms with Crippen molar-refractivity contribution in [1.29, 1.82) is 0 Å². The number of fused-ring (bicyclic) bond motifs is 1. The second kappa shape index (κ2) is 2.94. The van der Waals surface area contributed by atoms with E-state index in [2.05, 4.69) is 64.1 Å². The Bertz CT molecular complexity index is 356. The van der Waals surface area contributed by atoms with Gasteiger partial charge < -0.3 is 4.57 Å². The molecule has 1 aromatic heterocycles. The molecule has 1 heterocycles. The molecule has 0 N–H and O–H groups in total. The highest BCUT2D eigenvalue weighted by Gasteiger charge is 2.00. The Balaban J connectivity index is 2.62. The van der Waals surface area contributed by atoms with Crippen molar-refractivity contribution in [2.45, 2.75) is 11.9 Å². The van der Waals surface area contributed by atoms with E-state index in [0.29, 0.717) is 4.95 Å². The van der Waals surface area contributed by atoms with Crippen molar-refractivity contribution in [3.05, 3.63) is 36.7 Å². The van der Waals surface area contributed by atoms with Gasteiger partial charge in [0.25, 0.3) is 0 Å². The average Bonchev–Trinajstić information content (AvgIpc) is 2.46. The smallest absolute Gasteiger partial charge is 0.0855 e. The van der Waals surface area contributed by atoms with Gasteiger partial charge in [0.1, 0.15) is 0 Å². The van der Waals surface area contributed by atoms with Gasteiger partial charge in [0.2, 0.25) is 0 Å². The molecule has 0 amide bonds. The average molecular weight is 224 g/mol. The molecule has 1 unspecified atom stereocenters. The molecule has 0 aliphatic carbocycles. The van der Waals surface area contributed by atoms with E-state index in [1.165, 1.54) is 10.8 Å². The number of aromatic nitrogens is 1. The summed E-state index contributed by atoms with van der Waals surface area (Å²) in [7, 11) is 0. The molecule has 0 saturated heterocycles. The third kappa shape index (κ3) is 1.27. The van der Waals surface area contributed by atoms with E-state index in [0.717, 1.165) is 0 Å². The second-order valence-electron chi connectivity index (χ2n) is 2.91. The van der Waals surface area contributed by atoms with E-state index in [9.17, 15) is 0 Å². The Hall–Kier alpha value is -0.760. The minimum absolute atomic E-state index is 0.366. The van der Waals surface area contributed by atoms with Crippen LogP contribution < -0.4 is 0 Å². The number of halogens is 1. The normalized spacial score (nSPS) is 13.5. The fourth-order valence-corrected chi connectivity index (χ4v) is 1.55. The van der Waals surface area contributed by atoms with Gasteiger partial charge in [-0.15, -0.1) is 0 Å². The zero-order valence-electron chi connectivity index (χ0n) is 6.87. The number of hydrogen-bond acceptors (Lipinski definition) is 0. The highest BCUT2D eigenvalue weighted by Crippen LogP contribution is 2.20. The molecule has 0 bridgehead atoms. The summed E-state index contributed by atoms with van der Waals surface area (Å²) < 4.78 is 2.16. The lowest BCUT2D eigenvalue weighted by Gasteiger charge is -2.02. The van der Waals surface area contributed by atoms with Crippen molar-refractivity contribution < 1.29 is 0 Å². The summed E-state index contributed by atoms with van der Waals surface area (Å²) in [5.74, 6) is 0. The molecule has 0 aliphatic heterocycles. The van der Waals surface area contributed by atoms with Gasteiger partial charge in [0.15, 0.2) is 0 Å². The zero-order valence-corrected chi connectivity index (χ0v) is 8.45. The minimum atomic E-state index is 0.366. The first-order valence-corrected chi connectivity index (χ1v) is 4.89. The molecule has 1 aromatic carbocycles. The van der Waals surface area contributed by atoms with Gasteiger partial charge in [-0.3, -0.25) is 0 Å². The lowest BCUT2D eigenvalue weighted by atomic mass is 10.2. The molecular formula is C10H10BrN. The number of hydrogen-bond donors (Lipinski definition) is 0. The summed E-state index contributed by atoms with van der Waals surface area (Å²) in [5.41, 5.74) is 0. The van der Waals surface area contributed by atoms with E-state index in [-0.39, 0.29) is 0 Å². The van der Waals surface area contributed by atoms with Crippen molar-refractivity contribution in [3.8, 4) is 0 Å². The van der Waals surface area contributed by atoms with E-state index < -0.39 is 0 Å². The second-order valence-corrected chi connectivity index (χ2v) is 4.23. The highest BCUT2D eigenvalue weighted by atomic mass is 79.9. The Labute approximate surface area is 80.1 Å². The van der Waals surface area contributed by atoms with E-state index in [1.54, 1.807) is 0 Å². The number of alkyl halides is 1.